The molecule has 0 spiro atoms. The first-order chi connectivity index (χ1) is 15.9. The third kappa shape index (κ3) is 3.96. The molecule has 0 aliphatic carbocycles. The lowest BCUT2D eigenvalue weighted by Crippen LogP contribution is -2.44. The average molecular weight is 502 g/mol. The minimum Gasteiger partial charge on any atom is -0.489 e. The van der Waals surface area contributed by atoms with E-state index in [1.165, 1.54) is 11.6 Å². The van der Waals surface area contributed by atoms with Crippen molar-refractivity contribution in [1.82, 2.24) is 14.2 Å². The van der Waals surface area contributed by atoms with Crippen molar-refractivity contribution < 1.29 is 41.0 Å². The molecular formula is C20H21F3N4O6S. The van der Waals surface area contributed by atoms with Gasteiger partial charge in [-0.3, -0.25) is 4.79 Å². The molecule has 2 amide bonds. The Labute approximate surface area is 192 Å². The molecule has 1 unspecified atom stereocenters. The van der Waals surface area contributed by atoms with E-state index in [0.717, 1.165) is 11.1 Å². The maximum absolute atomic E-state index is 13.5. The fraction of sp³-hybridized carbons (Fsp3) is 0.400. The molecule has 2 aromatic rings. The highest BCUT2D eigenvalue weighted by molar-refractivity contribution is 7.89. The minimum absolute atomic E-state index is 0.0572. The first-order valence-electron chi connectivity index (χ1n) is 10.2. The van der Waals surface area contributed by atoms with Gasteiger partial charge >= 0.3 is 6.09 Å². The molecule has 4 rings (SSSR count). The summed E-state index contributed by atoms with van der Waals surface area (Å²) in [5.74, 6) is -6.50. The summed E-state index contributed by atoms with van der Waals surface area (Å²) in [4.78, 5) is 25.3. The van der Waals surface area contributed by atoms with E-state index in [2.05, 4.69) is 10.0 Å². The molecule has 14 heteroatoms. The summed E-state index contributed by atoms with van der Waals surface area (Å²) < 4.78 is 76.0. The second kappa shape index (κ2) is 8.51. The zero-order valence-electron chi connectivity index (χ0n) is 18.0. The van der Waals surface area contributed by atoms with Crippen LogP contribution in [-0.4, -0.2) is 60.2 Å². The van der Waals surface area contributed by atoms with Crippen molar-refractivity contribution in [2.75, 3.05) is 18.5 Å². The number of hydrogen-bond acceptors (Lipinski definition) is 5. The summed E-state index contributed by atoms with van der Waals surface area (Å²) in [6.07, 6.45) is 0.366. The van der Waals surface area contributed by atoms with Crippen LogP contribution in [0.4, 0.5) is 23.7 Å². The number of anilines is 1. The zero-order chi connectivity index (χ0) is 24.9. The molecule has 2 aliphatic heterocycles. The topological polar surface area (TPSA) is 130 Å². The number of aryl methyl sites for hydroxylation is 1. The minimum atomic E-state index is -4.23. The van der Waals surface area contributed by atoms with Crippen LogP contribution in [0.3, 0.4) is 0 Å². The number of carbonyl (C=O) groups is 2. The standard InChI is InChI=1S/C20H21F3N4O6S/c1-3-14-10-8-33-18-15(34(31,32)25-13(10)6-27(14)20(29)30)7-26(2)17(18)19(28)24-9-4-11(21)16(23)12(22)5-9/h4-5,7,10,13-14,25H,3,6,8H2,1-2H3,(H,24,28)(H,29,30)/t10-,13-,14?/m1/s1. The molecule has 2 aliphatic rings. The van der Waals surface area contributed by atoms with Gasteiger partial charge in [0.25, 0.3) is 5.91 Å². The van der Waals surface area contributed by atoms with E-state index in [1.54, 1.807) is 6.92 Å². The van der Waals surface area contributed by atoms with E-state index in [0.29, 0.717) is 18.6 Å². The smallest absolute Gasteiger partial charge is 0.407 e. The quantitative estimate of drug-likeness (QED) is 0.552. The number of fused-ring (bicyclic) bond motifs is 2. The van der Waals surface area contributed by atoms with Crippen LogP contribution in [0, 0.1) is 23.4 Å². The first kappa shape index (κ1) is 23.9. The van der Waals surface area contributed by atoms with Gasteiger partial charge in [-0.05, 0) is 6.42 Å². The van der Waals surface area contributed by atoms with Gasteiger partial charge in [0, 0.05) is 55.6 Å². The van der Waals surface area contributed by atoms with Gasteiger partial charge in [-0.2, -0.15) is 0 Å². The third-order valence-electron chi connectivity index (χ3n) is 6.04. The molecule has 0 radical (unpaired) electrons. The number of amides is 2. The summed E-state index contributed by atoms with van der Waals surface area (Å²) in [5.41, 5.74) is -0.646. The van der Waals surface area contributed by atoms with E-state index in [1.807, 2.05) is 0 Å². The predicted molar refractivity (Wildman–Crippen MR) is 112 cm³/mol. The SMILES string of the molecule is CCC1[C@@H]2COc3c(cn(C)c3C(=O)Nc3cc(F)c(F)c(F)c3)S(=O)(=O)N[C@@H]2CN1C(=O)O. The van der Waals surface area contributed by atoms with Crippen molar-refractivity contribution in [3.05, 3.63) is 41.5 Å². The first-order valence-corrected chi connectivity index (χ1v) is 11.7. The average Bonchev–Trinajstić information content (AvgIpc) is 3.26. The monoisotopic (exact) mass is 502 g/mol. The lowest BCUT2D eigenvalue weighted by molar-refractivity contribution is 0.101. The summed E-state index contributed by atoms with van der Waals surface area (Å²) >= 11 is 0. The second-order valence-electron chi connectivity index (χ2n) is 8.10. The second-order valence-corrected chi connectivity index (χ2v) is 9.79. The molecule has 3 heterocycles. The molecule has 10 nitrogen and oxygen atoms in total. The Bertz CT molecular complexity index is 1260. The van der Waals surface area contributed by atoms with Gasteiger partial charge in [0.1, 0.15) is 4.90 Å². The molecule has 1 aromatic heterocycles. The lowest BCUT2D eigenvalue weighted by Gasteiger charge is -2.27. The highest BCUT2D eigenvalue weighted by Gasteiger charge is 2.47. The number of rotatable bonds is 3. The molecule has 1 fully saturated rings. The number of nitrogens with one attached hydrogen (secondary N) is 2. The van der Waals surface area contributed by atoms with Crippen LogP contribution >= 0.6 is 0 Å². The summed E-state index contributed by atoms with van der Waals surface area (Å²) in [6.45, 7) is 1.62. The van der Waals surface area contributed by atoms with Crippen molar-refractivity contribution in [3.8, 4) is 5.75 Å². The fourth-order valence-corrected chi connectivity index (χ4v) is 5.98. The normalized spacial score (nSPS) is 23.3. The van der Waals surface area contributed by atoms with Gasteiger partial charge in [0.15, 0.2) is 28.9 Å². The Hall–Kier alpha value is -3.26. The highest BCUT2D eigenvalue weighted by atomic mass is 32.2. The number of carbonyl (C=O) groups excluding carboxylic acids is 1. The number of ether oxygens (including phenoxy) is 1. The van der Waals surface area contributed by atoms with Gasteiger partial charge in [-0.15, -0.1) is 0 Å². The molecule has 0 saturated carbocycles. The van der Waals surface area contributed by atoms with Gasteiger partial charge in [0.2, 0.25) is 10.0 Å². The van der Waals surface area contributed by atoms with Crippen LogP contribution < -0.4 is 14.8 Å². The molecule has 0 bridgehead atoms. The van der Waals surface area contributed by atoms with Gasteiger partial charge < -0.3 is 24.6 Å². The summed E-state index contributed by atoms with van der Waals surface area (Å²) in [7, 11) is -2.85. The van der Waals surface area contributed by atoms with E-state index in [9.17, 15) is 36.3 Å². The molecule has 3 N–H and O–H groups in total. The van der Waals surface area contributed by atoms with Crippen molar-refractivity contribution in [2.45, 2.75) is 30.3 Å². The Morgan fingerprint density at radius 2 is 1.91 bits per heavy atom. The number of hydrogen-bond donors (Lipinski definition) is 3. The summed E-state index contributed by atoms with van der Waals surface area (Å²) in [5, 5.41) is 11.7. The Morgan fingerprint density at radius 1 is 1.26 bits per heavy atom. The Morgan fingerprint density at radius 3 is 2.50 bits per heavy atom. The third-order valence-corrected chi connectivity index (χ3v) is 7.53. The number of sulfonamides is 1. The van der Waals surface area contributed by atoms with Crippen molar-refractivity contribution in [3.63, 3.8) is 0 Å². The maximum Gasteiger partial charge on any atom is 0.407 e. The number of aromatic nitrogens is 1. The van der Waals surface area contributed by atoms with Crippen LogP contribution in [0.2, 0.25) is 0 Å². The van der Waals surface area contributed by atoms with E-state index >= 15 is 0 Å². The Kier molecular flexibility index (Phi) is 5.97. The van der Waals surface area contributed by atoms with Crippen molar-refractivity contribution >= 4 is 27.7 Å². The van der Waals surface area contributed by atoms with E-state index < -0.39 is 57.5 Å². The number of halogens is 3. The van der Waals surface area contributed by atoms with E-state index in [-0.39, 0.29) is 35.2 Å². The zero-order valence-corrected chi connectivity index (χ0v) is 18.8. The molecule has 184 valence electrons. The number of benzene rings is 1. The molecule has 1 saturated heterocycles. The van der Waals surface area contributed by atoms with Crippen LogP contribution in [0.5, 0.6) is 5.75 Å². The number of nitrogens with zero attached hydrogens (tertiary/aromatic N) is 2. The predicted octanol–water partition coefficient (Wildman–Crippen LogP) is 2.12. The number of carboxylic acid groups (broad SMARTS) is 1. The fourth-order valence-electron chi connectivity index (χ4n) is 4.51. The molecule has 1 aromatic carbocycles. The van der Waals surface area contributed by atoms with Crippen molar-refractivity contribution in [2.24, 2.45) is 13.0 Å². The van der Waals surface area contributed by atoms with Crippen LogP contribution in [0.25, 0.3) is 0 Å². The van der Waals surface area contributed by atoms with E-state index in [4.69, 9.17) is 4.74 Å². The van der Waals surface area contributed by atoms with Crippen LogP contribution in [0.1, 0.15) is 23.8 Å². The molecular weight excluding hydrogens is 481 g/mol. The van der Waals surface area contributed by atoms with Gasteiger partial charge in [-0.25, -0.2) is 31.1 Å². The largest absolute Gasteiger partial charge is 0.489 e. The van der Waals surface area contributed by atoms with Gasteiger partial charge in [0.05, 0.1) is 6.61 Å². The van der Waals surface area contributed by atoms with Gasteiger partial charge in [-0.1, -0.05) is 6.92 Å². The molecule has 34 heavy (non-hydrogen) atoms. The van der Waals surface area contributed by atoms with Crippen LogP contribution in [0.15, 0.2) is 23.2 Å². The number of likely N-dealkylation sites (tertiary alicyclic amines) is 1. The lowest BCUT2D eigenvalue weighted by atomic mass is 9.96. The summed E-state index contributed by atoms with van der Waals surface area (Å²) in [6, 6.07) is -0.0884. The highest BCUT2D eigenvalue weighted by Crippen LogP contribution is 2.37. The van der Waals surface area contributed by atoms with Crippen molar-refractivity contribution in [1.29, 1.82) is 0 Å². The maximum atomic E-state index is 13.5. The van der Waals surface area contributed by atoms with Crippen LogP contribution in [-0.2, 0) is 17.1 Å². The molecule has 3 atom stereocenters. The Balaban J connectivity index is 1.70.